The highest BCUT2D eigenvalue weighted by Gasteiger charge is 2.06. The zero-order valence-electron chi connectivity index (χ0n) is 12.1. The Labute approximate surface area is 137 Å². The first-order chi connectivity index (χ1) is 11.2. The van der Waals surface area contributed by atoms with Crippen LogP contribution in [0.5, 0.6) is 0 Å². The van der Waals surface area contributed by atoms with Crippen molar-refractivity contribution in [2.75, 3.05) is 0 Å². The summed E-state index contributed by atoms with van der Waals surface area (Å²) in [4.78, 5) is 1.07. The van der Waals surface area contributed by atoms with Crippen LogP contribution >= 0.6 is 11.8 Å². The summed E-state index contributed by atoms with van der Waals surface area (Å²) in [6, 6.07) is 21.6. The SMILES string of the molecule is N#C/C(=C\c1ccc(Sc2ccccc2)o1)c1cccc(F)c1. The number of allylic oxidation sites excluding steroid dienone is 1. The van der Waals surface area contributed by atoms with Gasteiger partial charge in [-0.05, 0) is 48.0 Å². The average molecular weight is 321 g/mol. The van der Waals surface area contributed by atoms with Gasteiger partial charge >= 0.3 is 0 Å². The lowest BCUT2D eigenvalue weighted by atomic mass is 10.1. The molecule has 0 aliphatic carbocycles. The number of halogens is 1. The van der Waals surface area contributed by atoms with Gasteiger partial charge in [0.1, 0.15) is 11.6 Å². The van der Waals surface area contributed by atoms with Gasteiger partial charge in [-0.2, -0.15) is 5.26 Å². The largest absolute Gasteiger partial charge is 0.450 e. The average Bonchev–Trinajstić information content (AvgIpc) is 3.00. The highest BCUT2D eigenvalue weighted by Crippen LogP contribution is 2.30. The molecule has 0 unspecified atom stereocenters. The second kappa shape index (κ2) is 6.99. The topological polar surface area (TPSA) is 36.9 Å². The Morgan fingerprint density at radius 3 is 2.61 bits per heavy atom. The quantitative estimate of drug-likeness (QED) is 0.584. The van der Waals surface area contributed by atoms with E-state index >= 15 is 0 Å². The molecule has 2 aromatic carbocycles. The summed E-state index contributed by atoms with van der Waals surface area (Å²) >= 11 is 1.50. The number of hydrogen-bond acceptors (Lipinski definition) is 3. The molecule has 0 fully saturated rings. The van der Waals surface area contributed by atoms with Crippen LogP contribution in [0.25, 0.3) is 11.6 Å². The summed E-state index contributed by atoms with van der Waals surface area (Å²) in [5.41, 5.74) is 0.885. The zero-order chi connectivity index (χ0) is 16.1. The summed E-state index contributed by atoms with van der Waals surface area (Å²) in [6.45, 7) is 0. The maximum atomic E-state index is 13.3. The van der Waals surface area contributed by atoms with E-state index in [-0.39, 0.29) is 5.82 Å². The van der Waals surface area contributed by atoms with E-state index in [1.54, 1.807) is 24.3 Å². The molecule has 3 rings (SSSR count). The number of benzene rings is 2. The van der Waals surface area contributed by atoms with Crippen molar-refractivity contribution >= 4 is 23.4 Å². The molecule has 0 N–H and O–H groups in total. The van der Waals surface area contributed by atoms with E-state index in [0.717, 1.165) is 9.99 Å². The molecule has 0 bridgehead atoms. The molecule has 0 atom stereocenters. The van der Waals surface area contributed by atoms with Crippen molar-refractivity contribution in [3.8, 4) is 6.07 Å². The van der Waals surface area contributed by atoms with Crippen LogP contribution in [0.1, 0.15) is 11.3 Å². The second-order valence-electron chi connectivity index (χ2n) is 4.75. The van der Waals surface area contributed by atoms with Crippen LogP contribution in [0.3, 0.4) is 0 Å². The first kappa shape index (κ1) is 15.1. The minimum absolute atomic E-state index is 0.357. The van der Waals surface area contributed by atoms with Crippen molar-refractivity contribution in [1.82, 2.24) is 0 Å². The molecular weight excluding hydrogens is 309 g/mol. The van der Waals surface area contributed by atoms with E-state index in [4.69, 9.17) is 4.42 Å². The van der Waals surface area contributed by atoms with E-state index in [1.807, 2.05) is 36.4 Å². The molecule has 0 aliphatic heterocycles. The van der Waals surface area contributed by atoms with E-state index < -0.39 is 0 Å². The van der Waals surface area contributed by atoms with Crippen molar-refractivity contribution in [2.45, 2.75) is 9.99 Å². The van der Waals surface area contributed by atoms with Crippen LogP contribution < -0.4 is 0 Å². The number of nitriles is 1. The molecule has 3 aromatic rings. The Balaban J connectivity index is 1.83. The van der Waals surface area contributed by atoms with Crippen LogP contribution in [0, 0.1) is 17.1 Å². The number of hydrogen-bond donors (Lipinski definition) is 0. The van der Waals surface area contributed by atoms with Gasteiger partial charge in [0, 0.05) is 4.90 Å². The Morgan fingerprint density at radius 2 is 1.87 bits per heavy atom. The summed E-state index contributed by atoms with van der Waals surface area (Å²) in [5.74, 6) is 0.188. The number of furan rings is 1. The predicted octanol–water partition coefficient (Wildman–Crippen LogP) is 5.63. The summed E-state index contributed by atoms with van der Waals surface area (Å²) in [7, 11) is 0. The fourth-order valence-electron chi connectivity index (χ4n) is 2.05. The van der Waals surface area contributed by atoms with Crippen LogP contribution in [-0.2, 0) is 0 Å². The molecule has 0 amide bonds. The summed E-state index contributed by atoms with van der Waals surface area (Å²) in [6.07, 6.45) is 1.61. The third-order valence-corrected chi connectivity index (χ3v) is 4.03. The van der Waals surface area contributed by atoms with Crippen molar-refractivity contribution in [3.63, 3.8) is 0 Å². The van der Waals surface area contributed by atoms with Crippen LogP contribution in [-0.4, -0.2) is 0 Å². The molecule has 0 spiro atoms. The second-order valence-corrected chi connectivity index (χ2v) is 5.83. The normalized spacial score (nSPS) is 11.2. The van der Waals surface area contributed by atoms with E-state index in [9.17, 15) is 9.65 Å². The zero-order valence-corrected chi connectivity index (χ0v) is 12.9. The molecule has 112 valence electrons. The van der Waals surface area contributed by atoms with Crippen molar-refractivity contribution in [3.05, 3.63) is 83.9 Å². The fourth-order valence-corrected chi connectivity index (χ4v) is 2.85. The first-order valence-corrected chi connectivity index (χ1v) is 7.77. The molecule has 0 aliphatic rings. The van der Waals surface area contributed by atoms with Gasteiger partial charge in [-0.1, -0.05) is 42.1 Å². The van der Waals surface area contributed by atoms with Crippen molar-refractivity contribution in [1.29, 1.82) is 5.26 Å². The van der Waals surface area contributed by atoms with E-state index in [2.05, 4.69) is 6.07 Å². The van der Waals surface area contributed by atoms with Crippen molar-refractivity contribution < 1.29 is 8.81 Å². The van der Waals surface area contributed by atoms with Gasteiger partial charge in [0.05, 0.1) is 11.6 Å². The van der Waals surface area contributed by atoms with E-state index in [0.29, 0.717) is 16.9 Å². The van der Waals surface area contributed by atoms with Crippen molar-refractivity contribution in [2.24, 2.45) is 0 Å². The molecule has 0 saturated carbocycles. The minimum atomic E-state index is -0.372. The number of nitrogens with zero attached hydrogens (tertiary/aromatic N) is 1. The highest BCUT2D eigenvalue weighted by molar-refractivity contribution is 7.99. The van der Waals surface area contributed by atoms with Gasteiger partial charge in [0.25, 0.3) is 0 Å². The molecule has 23 heavy (non-hydrogen) atoms. The fraction of sp³-hybridized carbons (Fsp3) is 0. The number of rotatable bonds is 4. The molecular formula is C19H12FNOS. The Bertz CT molecular complexity index is 878. The Morgan fingerprint density at radius 1 is 1.04 bits per heavy atom. The van der Waals surface area contributed by atoms with Gasteiger partial charge in [0.15, 0.2) is 5.09 Å². The predicted molar refractivity (Wildman–Crippen MR) is 89.2 cm³/mol. The standard InChI is InChI=1S/C19H12FNOS/c20-16-6-4-5-14(11-16)15(13-21)12-17-9-10-19(22-17)23-18-7-2-1-3-8-18/h1-12H/b15-12+. The van der Waals surface area contributed by atoms with Gasteiger partial charge in [-0.25, -0.2) is 4.39 Å². The van der Waals surface area contributed by atoms with E-state index in [1.165, 1.54) is 23.9 Å². The van der Waals surface area contributed by atoms with Gasteiger partial charge < -0.3 is 4.42 Å². The smallest absolute Gasteiger partial charge is 0.165 e. The lowest BCUT2D eigenvalue weighted by molar-refractivity contribution is 0.466. The van der Waals surface area contributed by atoms with Gasteiger partial charge in [-0.3, -0.25) is 0 Å². The molecule has 2 nitrogen and oxygen atoms in total. The molecule has 1 heterocycles. The molecule has 0 saturated heterocycles. The summed E-state index contributed by atoms with van der Waals surface area (Å²) < 4.78 is 19.0. The maximum Gasteiger partial charge on any atom is 0.165 e. The Hall–Kier alpha value is -2.77. The monoisotopic (exact) mass is 321 g/mol. The van der Waals surface area contributed by atoms with Crippen LogP contribution in [0.15, 0.2) is 81.1 Å². The van der Waals surface area contributed by atoms with Gasteiger partial charge in [-0.15, -0.1) is 0 Å². The third-order valence-electron chi connectivity index (χ3n) is 3.11. The minimum Gasteiger partial charge on any atom is -0.450 e. The molecule has 0 radical (unpaired) electrons. The highest BCUT2D eigenvalue weighted by atomic mass is 32.2. The Kier molecular flexibility index (Phi) is 4.60. The third kappa shape index (κ3) is 3.91. The molecule has 4 heteroatoms. The van der Waals surface area contributed by atoms with Crippen LogP contribution in [0.4, 0.5) is 4.39 Å². The lowest BCUT2D eigenvalue weighted by Gasteiger charge is -1.99. The van der Waals surface area contributed by atoms with Crippen LogP contribution in [0.2, 0.25) is 0 Å². The molecule has 1 aromatic heterocycles. The first-order valence-electron chi connectivity index (χ1n) is 6.95. The maximum absolute atomic E-state index is 13.3. The van der Waals surface area contributed by atoms with Gasteiger partial charge in [0.2, 0.25) is 0 Å². The lowest BCUT2D eigenvalue weighted by Crippen LogP contribution is -1.83. The summed E-state index contributed by atoms with van der Waals surface area (Å²) in [5, 5.41) is 10.0.